The lowest BCUT2D eigenvalue weighted by molar-refractivity contribution is 0.495. The molecule has 0 bridgehead atoms. The Balaban J connectivity index is 1.62. The first-order valence-corrected chi connectivity index (χ1v) is 11.5. The number of sulfone groups is 1. The van der Waals surface area contributed by atoms with Crippen molar-refractivity contribution in [1.82, 2.24) is 4.72 Å². The van der Waals surface area contributed by atoms with Crippen molar-refractivity contribution in [1.29, 1.82) is 0 Å². The molecule has 0 aromatic heterocycles. The van der Waals surface area contributed by atoms with Crippen LogP contribution in [0.1, 0.15) is 31.2 Å². The molecular formula is C16H23NO4S2. The molecule has 23 heavy (non-hydrogen) atoms. The molecule has 1 aromatic carbocycles. The summed E-state index contributed by atoms with van der Waals surface area (Å²) in [4.78, 5) is 0. The summed E-state index contributed by atoms with van der Waals surface area (Å²) < 4.78 is 51.1. The Kier molecular flexibility index (Phi) is 4.55. The summed E-state index contributed by atoms with van der Waals surface area (Å²) in [6, 6.07) is 9.85. The average molecular weight is 357 g/mol. The van der Waals surface area contributed by atoms with Crippen LogP contribution in [-0.2, 0) is 26.3 Å². The van der Waals surface area contributed by atoms with Crippen molar-refractivity contribution < 1.29 is 16.8 Å². The Hall–Kier alpha value is -0.920. The van der Waals surface area contributed by atoms with Crippen molar-refractivity contribution in [3.8, 4) is 0 Å². The van der Waals surface area contributed by atoms with Crippen LogP contribution in [0.3, 0.4) is 0 Å². The van der Waals surface area contributed by atoms with E-state index in [2.05, 4.69) is 4.72 Å². The Labute approximate surface area is 138 Å². The van der Waals surface area contributed by atoms with E-state index < -0.39 is 19.9 Å². The molecule has 1 atom stereocenters. The van der Waals surface area contributed by atoms with Gasteiger partial charge in [0.15, 0.2) is 9.84 Å². The van der Waals surface area contributed by atoms with Gasteiger partial charge in [-0.25, -0.2) is 21.6 Å². The monoisotopic (exact) mass is 357 g/mol. The second-order valence-electron chi connectivity index (χ2n) is 6.95. The zero-order chi connectivity index (χ0) is 16.6. The first-order chi connectivity index (χ1) is 10.8. The van der Waals surface area contributed by atoms with Crippen LogP contribution in [0.15, 0.2) is 30.3 Å². The summed E-state index contributed by atoms with van der Waals surface area (Å²) in [5, 5.41) is 0. The highest BCUT2D eigenvalue weighted by molar-refractivity contribution is 7.91. The van der Waals surface area contributed by atoms with E-state index in [0.29, 0.717) is 19.3 Å². The maximum atomic E-state index is 12.4. The number of hydrogen-bond donors (Lipinski definition) is 1. The second-order valence-corrected chi connectivity index (χ2v) is 10.9. The van der Waals surface area contributed by atoms with Crippen LogP contribution in [-0.4, -0.2) is 39.6 Å². The quantitative estimate of drug-likeness (QED) is 0.837. The largest absolute Gasteiger partial charge is 0.229 e. The Bertz CT molecular complexity index is 753. The highest BCUT2D eigenvalue weighted by Gasteiger charge is 2.46. The third-order valence-electron chi connectivity index (χ3n) is 4.62. The predicted octanol–water partition coefficient (Wildman–Crippen LogP) is 1.51. The highest BCUT2D eigenvalue weighted by atomic mass is 32.2. The second kappa shape index (κ2) is 6.18. The molecule has 2 fully saturated rings. The molecule has 1 aliphatic carbocycles. The number of benzene rings is 1. The fourth-order valence-electron chi connectivity index (χ4n) is 3.38. The molecule has 0 amide bonds. The smallest absolute Gasteiger partial charge is 0.212 e. The third kappa shape index (κ3) is 4.78. The summed E-state index contributed by atoms with van der Waals surface area (Å²) in [5.41, 5.74) is 0.751. The minimum absolute atomic E-state index is 0.000402. The molecule has 0 spiro atoms. The molecule has 7 heteroatoms. The standard InChI is InChI=1S/C16H23NO4S2/c18-22(19)10-4-7-15(12-22)13-23(20,21)17-16(8-9-16)11-14-5-2-1-3-6-14/h1-3,5-6,15,17H,4,7-13H2. The molecule has 128 valence electrons. The van der Waals surface area contributed by atoms with Gasteiger partial charge in [0, 0.05) is 5.54 Å². The van der Waals surface area contributed by atoms with Gasteiger partial charge in [-0.2, -0.15) is 0 Å². The van der Waals surface area contributed by atoms with E-state index in [1.54, 1.807) is 0 Å². The van der Waals surface area contributed by atoms with E-state index in [1.165, 1.54) is 0 Å². The van der Waals surface area contributed by atoms with Crippen LogP contribution in [0, 0.1) is 5.92 Å². The van der Waals surface area contributed by atoms with Gasteiger partial charge >= 0.3 is 0 Å². The van der Waals surface area contributed by atoms with Crippen molar-refractivity contribution in [2.75, 3.05) is 17.3 Å². The van der Waals surface area contributed by atoms with Gasteiger partial charge in [-0.3, -0.25) is 0 Å². The van der Waals surface area contributed by atoms with E-state index in [0.717, 1.165) is 18.4 Å². The molecule has 3 rings (SSSR count). The number of nitrogens with one attached hydrogen (secondary N) is 1. The molecule has 1 aliphatic heterocycles. The fourth-order valence-corrected chi connectivity index (χ4v) is 7.23. The fraction of sp³-hybridized carbons (Fsp3) is 0.625. The first kappa shape index (κ1) is 16.9. The maximum Gasteiger partial charge on any atom is 0.212 e. The lowest BCUT2D eigenvalue weighted by atomic mass is 10.1. The number of hydrogen-bond acceptors (Lipinski definition) is 4. The highest BCUT2D eigenvalue weighted by Crippen LogP contribution is 2.39. The lowest BCUT2D eigenvalue weighted by Gasteiger charge is -2.24. The van der Waals surface area contributed by atoms with Crippen molar-refractivity contribution in [2.45, 2.75) is 37.6 Å². The van der Waals surface area contributed by atoms with Gasteiger partial charge in [-0.05, 0) is 43.6 Å². The predicted molar refractivity (Wildman–Crippen MR) is 90.4 cm³/mol. The maximum absolute atomic E-state index is 12.4. The molecule has 1 saturated carbocycles. The van der Waals surface area contributed by atoms with Gasteiger partial charge in [0.2, 0.25) is 10.0 Å². The van der Waals surface area contributed by atoms with Crippen molar-refractivity contribution in [3.63, 3.8) is 0 Å². The van der Waals surface area contributed by atoms with E-state index in [-0.39, 0.29) is 28.7 Å². The van der Waals surface area contributed by atoms with Gasteiger partial charge in [0.05, 0.1) is 17.3 Å². The molecule has 0 radical (unpaired) electrons. The van der Waals surface area contributed by atoms with Crippen LogP contribution in [0.4, 0.5) is 0 Å². The minimum atomic E-state index is -3.46. The normalized spacial score (nSPS) is 25.8. The number of sulfonamides is 1. The zero-order valence-electron chi connectivity index (χ0n) is 13.1. The summed E-state index contributed by atoms with van der Waals surface area (Å²) in [5.74, 6) is -0.170. The molecule has 1 N–H and O–H groups in total. The Morgan fingerprint density at radius 1 is 1.17 bits per heavy atom. The van der Waals surface area contributed by atoms with Crippen molar-refractivity contribution in [2.24, 2.45) is 5.92 Å². The van der Waals surface area contributed by atoms with Crippen LogP contribution in [0.2, 0.25) is 0 Å². The van der Waals surface area contributed by atoms with E-state index in [4.69, 9.17) is 0 Å². The molecule has 2 aliphatic rings. The van der Waals surface area contributed by atoms with Crippen LogP contribution in [0.25, 0.3) is 0 Å². The Morgan fingerprint density at radius 2 is 1.87 bits per heavy atom. The van der Waals surface area contributed by atoms with E-state index in [9.17, 15) is 16.8 Å². The van der Waals surface area contributed by atoms with Crippen LogP contribution >= 0.6 is 0 Å². The molecular weight excluding hydrogens is 334 g/mol. The molecule has 1 saturated heterocycles. The van der Waals surface area contributed by atoms with E-state index >= 15 is 0 Å². The van der Waals surface area contributed by atoms with Crippen molar-refractivity contribution in [3.05, 3.63) is 35.9 Å². The zero-order valence-corrected chi connectivity index (χ0v) is 14.7. The lowest BCUT2D eigenvalue weighted by Crippen LogP contribution is -2.42. The first-order valence-electron chi connectivity index (χ1n) is 8.04. The van der Waals surface area contributed by atoms with Gasteiger partial charge < -0.3 is 0 Å². The molecule has 1 aromatic rings. The molecule has 5 nitrogen and oxygen atoms in total. The molecule has 1 heterocycles. The van der Waals surface area contributed by atoms with Crippen LogP contribution in [0.5, 0.6) is 0 Å². The number of rotatable bonds is 6. The summed E-state index contributed by atoms with van der Waals surface area (Å²) >= 11 is 0. The van der Waals surface area contributed by atoms with Gasteiger partial charge in [-0.1, -0.05) is 30.3 Å². The van der Waals surface area contributed by atoms with Crippen molar-refractivity contribution >= 4 is 19.9 Å². The van der Waals surface area contributed by atoms with E-state index in [1.807, 2.05) is 30.3 Å². The minimum Gasteiger partial charge on any atom is -0.229 e. The SMILES string of the molecule is O=S1(=O)CCCC(CS(=O)(=O)NC2(Cc3ccccc3)CC2)C1. The molecule has 1 unspecified atom stereocenters. The topological polar surface area (TPSA) is 80.3 Å². The Morgan fingerprint density at radius 3 is 2.48 bits per heavy atom. The summed E-state index contributed by atoms with van der Waals surface area (Å²) in [6.07, 6.45) is 3.60. The van der Waals surface area contributed by atoms with Gasteiger partial charge in [0.25, 0.3) is 0 Å². The average Bonchev–Trinajstić information content (AvgIpc) is 3.16. The summed E-state index contributed by atoms with van der Waals surface area (Å²) in [6.45, 7) is 0. The van der Waals surface area contributed by atoms with Gasteiger partial charge in [-0.15, -0.1) is 0 Å². The van der Waals surface area contributed by atoms with Crippen LogP contribution < -0.4 is 4.72 Å². The third-order valence-corrected chi connectivity index (χ3v) is 8.17. The van der Waals surface area contributed by atoms with Gasteiger partial charge in [0.1, 0.15) is 0 Å². The summed E-state index contributed by atoms with van der Waals surface area (Å²) in [7, 11) is -6.53.